The van der Waals surface area contributed by atoms with Gasteiger partial charge in [0.2, 0.25) is 5.91 Å². The van der Waals surface area contributed by atoms with Crippen LogP contribution in [0, 0.1) is 0 Å². The van der Waals surface area contributed by atoms with Crippen LogP contribution in [0.3, 0.4) is 0 Å². The predicted molar refractivity (Wildman–Crippen MR) is 70.5 cm³/mol. The van der Waals surface area contributed by atoms with Gasteiger partial charge in [-0.1, -0.05) is 18.2 Å². The fraction of sp³-hybridized carbons (Fsp3) is 0.167. The van der Waals surface area contributed by atoms with E-state index >= 15 is 0 Å². The molecular formula is C12H14N2O2S. The maximum absolute atomic E-state index is 11.8. The van der Waals surface area contributed by atoms with E-state index in [4.69, 9.17) is 0 Å². The average Bonchev–Trinajstić information content (AvgIpc) is 2.29. The molecule has 0 aliphatic carbocycles. The van der Waals surface area contributed by atoms with E-state index in [0.29, 0.717) is 5.69 Å². The number of thioether (sulfide) groups is 1. The van der Waals surface area contributed by atoms with Crippen molar-refractivity contribution in [3.05, 3.63) is 41.4 Å². The van der Waals surface area contributed by atoms with Gasteiger partial charge in [0.1, 0.15) is 5.70 Å². The lowest BCUT2D eigenvalue weighted by molar-refractivity contribution is -0.120. The Morgan fingerprint density at radius 2 is 1.88 bits per heavy atom. The zero-order chi connectivity index (χ0) is 12.7. The second-order valence-corrected chi connectivity index (χ2v) is 3.98. The van der Waals surface area contributed by atoms with Crippen molar-refractivity contribution < 1.29 is 9.59 Å². The highest BCUT2D eigenvalue weighted by atomic mass is 32.2. The number of rotatable bonds is 4. The van der Waals surface area contributed by atoms with Gasteiger partial charge in [0.25, 0.3) is 5.91 Å². The zero-order valence-electron chi connectivity index (χ0n) is 9.69. The molecule has 2 amide bonds. The molecule has 0 unspecified atom stereocenters. The molecule has 0 aromatic heterocycles. The molecule has 0 radical (unpaired) electrons. The van der Waals surface area contributed by atoms with Gasteiger partial charge in [-0.15, -0.1) is 11.8 Å². The zero-order valence-corrected chi connectivity index (χ0v) is 10.5. The van der Waals surface area contributed by atoms with Crippen LogP contribution in [0.15, 0.2) is 41.4 Å². The minimum atomic E-state index is -0.333. The van der Waals surface area contributed by atoms with Gasteiger partial charge in [0, 0.05) is 12.6 Å². The summed E-state index contributed by atoms with van der Waals surface area (Å²) in [5.74, 6) is -0.603. The molecule has 17 heavy (non-hydrogen) atoms. The number of nitrogens with one attached hydrogen (secondary N) is 2. The number of carbonyl (C=O) groups is 2. The Kier molecular flexibility index (Phi) is 5.29. The number of para-hydroxylation sites is 1. The number of carbonyl (C=O) groups excluding carboxylic acids is 2. The fourth-order valence-electron chi connectivity index (χ4n) is 1.17. The summed E-state index contributed by atoms with van der Waals surface area (Å²) in [7, 11) is 0. The van der Waals surface area contributed by atoms with Crippen molar-refractivity contribution in [2.24, 2.45) is 0 Å². The molecule has 1 rings (SSSR count). The van der Waals surface area contributed by atoms with E-state index in [0.717, 1.165) is 0 Å². The first kappa shape index (κ1) is 13.3. The molecule has 0 fully saturated rings. The van der Waals surface area contributed by atoms with Crippen LogP contribution < -0.4 is 10.6 Å². The van der Waals surface area contributed by atoms with Crippen LogP contribution in [0.4, 0.5) is 5.69 Å². The average molecular weight is 250 g/mol. The third-order valence-electron chi connectivity index (χ3n) is 1.82. The molecule has 0 saturated heterocycles. The summed E-state index contributed by atoms with van der Waals surface area (Å²) in [4.78, 5) is 22.8. The quantitative estimate of drug-likeness (QED) is 0.803. The van der Waals surface area contributed by atoms with Crippen molar-refractivity contribution in [2.75, 3.05) is 11.6 Å². The molecule has 2 N–H and O–H groups in total. The highest BCUT2D eigenvalue weighted by Gasteiger charge is 2.10. The third-order valence-corrected chi connectivity index (χ3v) is 2.29. The van der Waals surface area contributed by atoms with Gasteiger partial charge in [0.05, 0.1) is 0 Å². The molecule has 5 heteroatoms. The van der Waals surface area contributed by atoms with E-state index in [1.807, 2.05) is 24.5 Å². The smallest absolute Gasteiger partial charge is 0.272 e. The lowest BCUT2D eigenvalue weighted by Crippen LogP contribution is -2.28. The van der Waals surface area contributed by atoms with Crippen LogP contribution in [-0.4, -0.2) is 18.1 Å². The normalized spacial score (nSPS) is 10.8. The number of anilines is 1. The molecular weight excluding hydrogens is 236 g/mol. The SMILES string of the molecule is CSC=C(NC(C)=O)C(=O)Nc1ccccc1. The molecule has 0 bridgehead atoms. The molecule has 1 aromatic rings. The van der Waals surface area contributed by atoms with E-state index in [1.54, 1.807) is 17.5 Å². The fourth-order valence-corrected chi connectivity index (χ4v) is 1.57. The van der Waals surface area contributed by atoms with E-state index in [2.05, 4.69) is 10.6 Å². The first-order valence-corrected chi connectivity index (χ1v) is 6.29. The number of amides is 2. The molecule has 4 nitrogen and oxygen atoms in total. The Hall–Kier alpha value is -1.75. The van der Waals surface area contributed by atoms with Gasteiger partial charge >= 0.3 is 0 Å². The Bertz CT molecular complexity index is 429. The molecule has 0 spiro atoms. The van der Waals surface area contributed by atoms with E-state index in [9.17, 15) is 9.59 Å². The molecule has 0 heterocycles. The molecule has 0 atom stereocenters. The van der Waals surface area contributed by atoms with Crippen LogP contribution in [-0.2, 0) is 9.59 Å². The van der Waals surface area contributed by atoms with Crippen molar-refractivity contribution in [1.82, 2.24) is 5.32 Å². The topological polar surface area (TPSA) is 58.2 Å². The third kappa shape index (κ3) is 4.74. The maximum Gasteiger partial charge on any atom is 0.272 e. The molecule has 0 aliphatic rings. The standard InChI is InChI=1S/C12H14N2O2S/c1-9(15)13-11(8-17-2)12(16)14-10-6-4-3-5-7-10/h3-8H,1-2H3,(H,13,15)(H,14,16). The molecule has 90 valence electrons. The molecule has 0 aliphatic heterocycles. The minimum absolute atomic E-state index is 0.244. The Morgan fingerprint density at radius 3 is 2.41 bits per heavy atom. The Morgan fingerprint density at radius 1 is 1.24 bits per heavy atom. The van der Waals surface area contributed by atoms with E-state index in [-0.39, 0.29) is 17.5 Å². The van der Waals surface area contributed by atoms with Crippen molar-refractivity contribution >= 4 is 29.3 Å². The second-order valence-electron chi connectivity index (χ2n) is 3.27. The van der Waals surface area contributed by atoms with Gasteiger partial charge in [-0.3, -0.25) is 9.59 Å². The summed E-state index contributed by atoms with van der Waals surface area (Å²) in [6.07, 6.45) is 1.82. The molecule has 0 saturated carbocycles. The molecule has 1 aromatic carbocycles. The number of benzene rings is 1. The summed E-state index contributed by atoms with van der Waals surface area (Å²) in [6.45, 7) is 1.37. The van der Waals surface area contributed by atoms with Crippen molar-refractivity contribution in [3.63, 3.8) is 0 Å². The largest absolute Gasteiger partial charge is 0.321 e. The van der Waals surface area contributed by atoms with Gasteiger partial charge in [0.15, 0.2) is 0 Å². The van der Waals surface area contributed by atoms with Crippen LogP contribution in [0.2, 0.25) is 0 Å². The highest BCUT2D eigenvalue weighted by Crippen LogP contribution is 2.08. The van der Waals surface area contributed by atoms with Gasteiger partial charge in [-0.25, -0.2) is 0 Å². The van der Waals surface area contributed by atoms with Crippen LogP contribution >= 0.6 is 11.8 Å². The second kappa shape index (κ2) is 6.75. The Balaban J connectivity index is 2.73. The van der Waals surface area contributed by atoms with E-state index < -0.39 is 0 Å². The van der Waals surface area contributed by atoms with Crippen LogP contribution in [0.5, 0.6) is 0 Å². The predicted octanol–water partition coefficient (Wildman–Crippen LogP) is 1.97. The Labute approximate surface area is 104 Å². The van der Waals surface area contributed by atoms with E-state index in [1.165, 1.54) is 18.7 Å². The van der Waals surface area contributed by atoms with Gasteiger partial charge in [-0.2, -0.15) is 0 Å². The monoisotopic (exact) mass is 250 g/mol. The minimum Gasteiger partial charge on any atom is -0.321 e. The lowest BCUT2D eigenvalue weighted by Gasteiger charge is -2.08. The summed E-state index contributed by atoms with van der Waals surface area (Å²) in [5.41, 5.74) is 0.934. The van der Waals surface area contributed by atoms with Gasteiger partial charge < -0.3 is 10.6 Å². The summed E-state index contributed by atoms with van der Waals surface area (Å²) >= 11 is 1.35. The van der Waals surface area contributed by atoms with Gasteiger partial charge in [-0.05, 0) is 23.8 Å². The summed E-state index contributed by atoms with van der Waals surface area (Å²) in [6, 6.07) is 9.07. The first-order valence-electron chi connectivity index (χ1n) is 5.00. The first-order chi connectivity index (χ1) is 8.13. The summed E-state index contributed by atoms with van der Waals surface area (Å²) < 4.78 is 0. The van der Waals surface area contributed by atoms with Crippen LogP contribution in [0.1, 0.15) is 6.92 Å². The van der Waals surface area contributed by atoms with Crippen molar-refractivity contribution in [3.8, 4) is 0 Å². The summed E-state index contributed by atoms with van der Waals surface area (Å²) in [5, 5.41) is 6.78. The lowest BCUT2D eigenvalue weighted by atomic mass is 10.3. The maximum atomic E-state index is 11.8. The number of hydrogen-bond donors (Lipinski definition) is 2. The highest BCUT2D eigenvalue weighted by molar-refractivity contribution is 8.01. The van der Waals surface area contributed by atoms with Crippen LogP contribution in [0.25, 0.3) is 0 Å². The van der Waals surface area contributed by atoms with Crippen molar-refractivity contribution in [2.45, 2.75) is 6.92 Å². The van der Waals surface area contributed by atoms with Crippen molar-refractivity contribution in [1.29, 1.82) is 0 Å². The number of hydrogen-bond acceptors (Lipinski definition) is 3.